The summed E-state index contributed by atoms with van der Waals surface area (Å²) in [7, 11) is -3.02. The number of allylic oxidation sites excluding steroid dienone is 3. The van der Waals surface area contributed by atoms with Gasteiger partial charge in [-0.25, -0.2) is 13.1 Å². The number of ether oxygens (including phenoxy) is 2. The zero-order chi connectivity index (χ0) is 34.9. The Balaban J connectivity index is 1.36. The van der Waals surface area contributed by atoms with Crippen molar-refractivity contribution in [2.75, 3.05) is 51.0 Å². The zero-order valence-electron chi connectivity index (χ0n) is 26.7. The highest BCUT2D eigenvalue weighted by molar-refractivity contribution is 7.99. The third-order valence-corrected chi connectivity index (χ3v) is 10.4. The van der Waals surface area contributed by atoms with Crippen LogP contribution in [0.5, 0.6) is 5.75 Å². The van der Waals surface area contributed by atoms with Gasteiger partial charge in [0, 0.05) is 48.0 Å². The Morgan fingerprint density at radius 3 is 2.51 bits per heavy atom. The molecule has 3 aromatic rings. The highest BCUT2D eigenvalue weighted by atomic mass is 32.2. The summed E-state index contributed by atoms with van der Waals surface area (Å²) < 4.78 is 40.0. The summed E-state index contributed by atoms with van der Waals surface area (Å²) >= 11 is 1.57. The summed E-state index contributed by atoms with van der Waals surface area (Å²) in [6, 6.07) is 20.4. The van der Waals surface area contributed by atoms with Crippen molar-refractivity contribution in [3.8, 4) is 5.75 Å². The molecule has 1 fully saturated rings. The van der Waals surface area contributed by atoms with Crippen LogP contribution in [0.3, 0.4) is 0 Å². The van der Waals surface area contributed by atoms with Crippen LogP contribution in [0.15, 0.2) is 113 Å². The maximum atomic E-state index is 13.9. The van der Waals surface area contributed by atoms with Crippen LogP contribution in [0, 0.1) is 15.5 Å². The number of nitro groups is 1. The van der Waals surface area contributed by atoms with Gasteiger partial charge in [-0.2, -0.15) is 0 Å². The summed E-state index contributed by atoms with van der Waals surface area (Å²) in [4.78, 5) is 40.3. The van der Waals surface area contributed by atoms with Crippen LogP contribution in [0.2, 0.25) is 0 Å². The molecule has 1 aliphatic heterocycles. The van der Waals surface area contributed by atoms with Crippen molar-refractivity contribution in [2.45, 2.75) is 16.2 Å². The van der Waals surface area contributed by atoms with Gasteiger partial charge in [0.1, 0.15) is 11.4 Å². The van der Waals surface area contributed by atoms with Crippen LogP contribution in [0.1, 0.15) is 12.0 Å². The van der Waals surface area contributed by atoms with Crippen molar-refractivity contribution >= 4 is 50.5 Å². The van der Waals surface area contributed by atoms with Gasteiger partial charge < -0.3 is 19.7 Å². The number of benzene rings is 3. The first kappa shape index (κ1) is 35.4. The van der Waals surface area contributed by atoms with Crippen LogP contribution in [-0.2, 0) is 24.3 Å². The molecule has 5 rings (SSSR count). The molecule has 14 heteroatoms. The summed E-state index contributed by atoms with van der Waals surface area (Å²) in [6.07, 6.45) is 7.68. The van der Waals surface area contributed by atoms with Crippen LogP contribution in [-0.4, -0.2) is 75.8 Å². The van der Waals surface area contributed by atoms with Gasteiger partial charge in [-0.1, -0.05) is 60.7 Å². The Hall–Kier alpha value is -4.92. The lowest BCUT2D eigenvalue weighted by Gasteiger charge is -2.29. The van der Waals surface area contributed by atoms with Gasteiger partial charge in [0.15, 0.2) is 0 Å². The second-order valence-corrected chi connectivity index (χ2v) is 14.0. The van der Waals surface area contributed by atoms with Gasteiger partial charge in [0.25, 0.3) is 15.7 Å². The lowest BCUT2D eigenvalue weighted by Crippen LogP contribution is -2.43. The fourth-order valence-corrected chi connectivity index (χ4v) is 7.19. The van der Waals surface area contributed by atoms with E-state index in [2.05, 4.69) is 10.0 Å². The first-order valence-electron chi connectivity index (χ1n) is 15.5. The number of rotatable bonds is 13. The standard InChI is InChI=1S/C35H36N4O8S2/c1-46-32-10-6-5-9-29(32)26-13-16-35(17-14-26,18-15-33(40)38-20-22-47-23-21-38)34(41)37-49(44,45)28-11-12-30(31(25-28)39(42)43)36-19-24-48-27-7-3-2-4-8-27/h2-16,18,25,36H,17,19-24H2,1H3,(H,37,41). The molecule has 0 saturated carbocycles. The Morgan fingerprint density at radius 1 is 1.08 bits per heavy atom. The Labute approximate surface area is 289 Å². The molecule has 2 amide bonds. The second-order valence-electron chi connectivity index (χ2n) is 11.2. The molecule has 0 radical (unpaired) electrons. The van der Waals surface area contributed by atoms with E-state index in [1.165, 1.54) is 24.3 Å². The molecule has 256 valence electrons. The first-order chi connectivity index (χ1) is 23.6. The largest absolute Gasteiger partial charge is 0.496 e. The Kier molecular flexibility index (Phi) is 11.5. The Bertz CT molecular complexity index is 1890. The number of morpholine rings is 1. The normalized spacial score (nSPS) is 17.7. The van der Waals surface area contributed by atoms with E-state index in [4.69, 9.17) is 9.47 Å². The van der Waals surface area contributed by atoms with Gasteiger partial charge in [0.2, 0.25) is 11.8 Å². The number of thioether (sulfide) groups is 1. The predicted octanol–water partition coefficient (Wildman–Crippen LogP) is 5.06. The average molecular weight is 705 g/mol. The van der Waals surface area contributed by atoms with Gasteiger partial charge in [-0.3, -0.25) is 19.7 Å². The van der Waals surface area contributed by atoms with Crippen LogP contribution < -0.4 is 14.8 Å². The van der Waals surface area contributed by atoms with Crippen LogP contribution in [0.25, 0.3) is 5.57 Å². The smallest absolute Gasteiger partial charge is 0.293 e. The minimum atomic E-state index is -4.57. The number of nitro benzene ring substituents is 1. The number of nitrogens with zero attached hydrogens (tertiary/aromatic N) is 2. The van der Waals surface area contributed by atoms with E-state index in [0.29, 0.717) is 44.4 Å². The molecule has 0 aromatic heterocycles. The zero-order valence-corrected chi connectivity index (χ0v) is 28.4. The highest BCUT2D eigenvalue weighted by Crippen LogP contribution is 2.38. The molecule has 2 aliphatic rings. The molecule has 1 saturated heterocycles. The molecule has 1 aliphatic carbocycles. The van der Waals surface area contributed by atoms with Crippen molar-refractivity contribution in [3.05, 3.63) is 119 Å². The molecule has 1 unspecified atom stereocenters. The number of carbonyl (C=O) groups is 2. The number of hydrogen-bond acceptors (Lipinski definition) is 10. The molecule has 12 nitrogen and oxygen atoms in total. The van der Waals surface area contributed by atoms with Crippen molar-refractivity contribution in [1.82, 2.24) is 9.62 Å². The SMILES string of the molecule is COc1ccccc1C1=CCC(C=CC(=O)N2CCOCC2)(C(=O)NS(=O)(=O)c2ccc(NCCSc3ccccc3)c([N+](=O)[O-])c2)C=C1. The van der Waals surface area contributed by atoms with Crippen molar-refractivity contribution < 1.29 is 32.4 Å². The summed E-state index contributed by atoms with van der Waals surface area (Å²) in [5.41, 5.74) is -0.347. The lowest BCUT2D eigenvalue weighted by atomic mass is 9.78. The van der Waals surface area contributed by atoms with E-state index in [1.54, 1.807) is 48.1 Å². The number of sulfonamides is 1. The van der Waals surface area contributed by atoms with Gasteiger partial charge >= 0.3 is 0 Å². The van der Waals surface area contributed by atoms with Crippen molar-refractivity contribution in [3.63, 3.8) is 0 Å². The maximum absolute atomic E-state index is 13.9. The molecule has 49 heavy (non-hydrogen) atoms. The fraction of sp³-hybridized carbons (Fsp3) is 0.257. The summed E-state index contributed by atoms with van der Waals surface area (Å²) in [6.45, 7) is 1.95. The predicted molar refractivity (Wildman–Crippen MR) is 188 cm³/mol. The molecule has 1 heterocycles. The molecule has 3 aromatic carbocycles. The van der Waals surface area contributed by atoms with E-state index < -0.39 is 36.9 Å². The first-order valence-corrected chi connectivity index (χ1v) is 17.9. The topological polar surface area (TPSA) is 157 Å². The summed E-state index contributed by atoms with van der Waals surface area (Å²) in [5.74, 6) is -0.0350. The number of methoxy groups -OCH3 is 1. The second kappa shape index (κ2) is 16.0. The van der Waals surface area contributed by atoms with E-state index in [9.17, 15) is 28.1 Å². The molecular formula is C35H36N4O8S2. The van der Waals surface area contributed by atoms with E-state index >= 15 is 0 Å². The molecular weight excluding hydrogens is 669 g/mol. The van der Waals surface area contributed by atoms with E-state index in [0.717, 1.165) is 22.1 Å². The van der Waals surface area contributed by atoms with Crippen LogP contribution >= 0.6 is 11.8 Å². The average Bonchev–Trinajstić information content (AvgIpc) is 3.13. The molecule has 0 spiro atoms. The van der Waals surface area contributed by atoms with Crippen LogP contribution in [0.4, 0.5) is 11.4 Å². The minimum absolute atomic E-state index is 0.0229. The van der Waals surface area contributed by atoms with Crippen molar-refractivity contribution in [1.29, 1.82) is 0 Å². The maximum Gasteiger partial charge on any atom is 0.293 e. The number of nitrogens with one attached hydrogen (secondary N) is 2. The molecule has 0 bridgehead atoms. The fourth-order valence-electron chi connectivity index (χ4n) is 5.34. The highest BCUT2D eigenvalue weighted by Gasteiger charge is 2.38. The van der Waals surface area contributed by atoms with Gasteiger partial charge in [-0.05, 0) is 42.3 Å². The third kappa shape index (κ3) is 8.76. The Morgan fingerprint density at radius 2 is 1.82 bits per heavy atom. The molecule has 1 atom stereocenters. The number of amides is 2. The minimum Gasteiger partial charge on any atom is -0.496 e. The van der Waals surface area contributed by atoms with Gasteiger partial charge in [0.05, 0.1) is 35.6 Å². The number of para-hydroxylation sites is 1. The number of anilines is 1. The van der Waals surface area contributed by atoms with E-state index in [1.807, 2.05) is 48.5 Å². The quantitative estimate of drug-likeness (QED) is 0.0811. The summed E-state index contributed by atoms with van der Waals surface area (Å²) in [5, 5.41) is 14.9. The van der Waals surface area contributed by atoms with E-state index in [-0.39, 0.29) is 18.0 Å². The number of hydrogen-bond donors (Lipinski definition) is 2. The third-order valence-electron chi connectivity index (χ3n) is 8.04. The molecule has 2 N–H and O–H groups in total. The number of carbonyl (C=O) groups excluding carboxylic acids is 2. The van der Waals surface area contributed by atoms with Gasteiger partial charge in [-0.15, -0.1) is 11.8 Å². The lowest BCUT2D eigenvalue weighted by molar-refractivity contribution is -0.384. The van der Waals surface area contributed by atoms with Crippen molar-refractivity contribution in [2.24, 2.45) is 5.41 Å². The monoisotopic (exact) mass is 704 g/mol.